The average Bonchev–Trinajstić information content (AvgIpc) is 3.02. The highest BCUT2D eigenvalue weighted by atomic mass is 16.4. The third kappa shape index (κ3) is 20.6. The van der Waals surface area contributed by atoms with Crippen LogP contribution in [0.1, 0.15) is 44.9 Å². The minimum Gasteiger partial charge on any atom is -0.481 e. The molecule has 0 aromatic carbocycles. The molecule has 8 amide bonds. The maximum atomic E-state index is 12.9. The van der Waals surface area contributed by atoms with Crippen molar-refractivity contribution in [2.24, 2.45) is 17.2 Å². The highest BCUT2D eigenvalue weighted by Gasteiger charge is 2.31. The lowest BCUT2D eigenvalue weighted by Gasteiger charge is -2.23. The van der Waals surface area contributed by atoms with Gasteiger partial charge in [-0.05, 0) is 32.2 Å². The number of aliphatic carboxylic acids is 2. The van der Waals surface area contributed by atoms with Crippen molar-refractivity contribution in [2.45, 2.75) is 63.1 Å². The number of nitrogens with one attached hydrogen (secondary N) is 7. The molecule has 0 heterocycles. The summed E-state index contributed by atoms with van der Waals surface area (Å²) in [4.78, 5) is 119. The number of rotatable bonds is 25. The molecule has 0 spiro atoms. The zero-order chi connectivity index (χ0) is 36.6. The summed E-state index contributed by atoms with van der Waals surface area (Å²) in [5.41, 5.74) is 15.8. The van der Waals surface area contributed by atoms with Crippen LogP contribution in [-0.2, 0) is 47.9 Å². The van der Waals surface area contributed by atoms with Gasteiger partial charge >= 0.3 is 11.9 Å². The largest absolute Gasteiger partial charge is 0.481 e. The number of carboxylic acids is 2. The summed E-state index contributed by atoms with van der Waals surface area (Å²) in [6.45, 7) is -1.57. The van der Waals surface area contributed by atoms with Crippen LogP contribution in [0.2, 0.25) is 0 Å². The Balaban J connectivity index is 5.17. The maximum Gasteiger partial charge on any atom is 0.305 e. The molecule has 0 aliphatic heterocycles. The SMILES string of the molecule is NCCCC(=O)NCCCCC(NC(=O)C(CC(=O)O)NC(=O)C(CC(=O)O)NC(=O)CNC(=O)CNC(=O)CNC(=O)CN)C(N)=O. The van der Waals surface area contributed by atoms with Crippen LogP contribution in [0.5, 0.6) is 0 Å². The van der Waals surface area contributed by atoms with Crippen LogP contribution >= 0.6 is 0 Å². The number of nitrogens with two attached hydrogens (primary N) is 3. The van der Waals surface area contributed by atoms with E-state index in [1.165, 1.54) is 0 Å². The van der Waals surface area contributed by atoms with E-state index in [0.29, 0.717) is 25.8 Å². The first-order valence-electron chi connectivity index (χ1n) is 14.7. The van der Waals surface area contributed by atoms with Crippen LogP contribution < -0.4 is 54.4 Å². The van der Waals surface area contributed by atoms with Gasteiger partial charge in [0.2, 0.25) is 47.3 Å². The Hall–Kier alpha value is -5.38. The fourth-order valence-electron chi connectivity index (χ4n) is 3.63. The second-order valence-corrected chi connectivity index (χ2v) is 10.1. The number of unbranched alkanes of at least 4 members (excludes halogenated alkanes) is 1. The molecule has 22 nitrogen and oxygen atoms in total. The Bertz CT molecular complexity index is 1180. The van der Waals surface area contributed by atoms with Crippen molar-refractivity contribution in [1.29, 1.82) is 0 Å². The molecule has 0 aromatic heterocycles. The Morgan fingerprint density at radius 1 is 0.542 bits per heavy atom. The van der Waals surface area contributed by atoms with Crippen molar-refractivity contribution >= 4 is 59.2 Å². The zero-order valence-electron chi connectivity index (χ0n) is 26.1. The second kappa shape index (κ2) is 23.9. The van der Waals surface area contributed by atoms with Crippen molar-refractivity contribution in [2.75, 3.05) is 39.3 Å². The van der Waals surface area contributed by atoms with Gasteiger partial charge in [0, 0.05) is 13.0 Å². The van der Waals surface area contributed by atoms with E-state index >= 15 is 0 Å². The van der Waals surface area contributed by atoms with Gasteiger partial charge in [0.25, 0.3) is 0 Å². The van der Waals surface area contributed by atoms with Gasteiger partial charge < -0.3 is 64.6 Å². The molecule has 15 N–H and O–H groups in total. The number of hydrogen-bond acceptors (Lipinski definition) is 12. The van der Waals surface area contributed by atoms with E-state index in [2.05, 4.69) is 26.6 Å². The Kier molecular flexibility index (Phi) is 21.2. The molecule has 22 heteroatoms. The number of primary amides is 1. The van der Waals surface area contributed by atoms with Gasteiger partial charge in [-0.1, -0.05) is 0 Å². The minimum absolute atomic E-state index is 0.00538. The summed E-state index contributed by atoms with van der Waals surface area (Å²) >= 11 is 0. The molecule has 0 aliphatic carbocycles. The van der Waals surface area contributed by atoms with Gasteiger partial charge in [-0.3, -0.25) is 47.9 Å². The van der Waals surface area contributed by atoms with Gasteiger partial charge in [0.15, 0.2) is 0 Å². The second-order valence-electron chi connectivity index (χ2n) is 10.1. The molecule has 0 aliphatic rings. The highest BCUT2D eigenvalue weighted by Crippen LogP contribution is 2.04. The first-order chi connectivity index (χ1) is 22.6. The van der Waals surface area contributed by atoms with Crippen LogP contribution in [0.4, 0.5) is 0 Å². The number of carboxylic acid groups (broad SMARTS) is 2. The van der Waals surface area contributed by atoms with Gasteiger partial charge in [-0.25, -0.2) is 0 Å². The van der Waals surface area contributed by atoms with Gasteiger partial charge in [0.1, 0.15) is 18.1 Å². The minimum atomic E-state index is -1.84. The smallest absolute Gasteiger partial charge is 0.305 e. The van der Waals surface area contributed by atoms with E-state index in [4.69, 9.17) is 17.2 Å². The van der Waals surface area contributed by atoms with Crippen LogP contribution in [0, 0.1) is 0 Å². The van der Waals surface area contributed by atoms with E-state index in [9.17, 15) is 58.2 Å². The third-order valence-corrected chi connectivity index (χ3v) is 6.08. The number of carbonyl (C=O) groups is 10. The predicted molar refractivity (Wildman–Crippen MR) is 163 cm³/mol. The zero-order valence-corrected chi connectivity index (χ0v) is 26.1. The Morgan fingerprint density at radius 3 is 1.50 bits per heavy atom. The summed E-state index contributed by atoms with van der Waals surface area (Å²) in [6, 6.07) is -4.95. The molecule has 3 atom stereocenters. The molecular formula is C26H44N10O12. The molecule has 0 rings (SSSR count). The summed E-state index contributed by atoms with van der Waals surface area (Å²) in [7, 11) is 0. The predicted octanol–water partition coefficient (Wildman–Crippen LogP) is -6.79. The van der Waals surface area contributed by atoms with Gasteiger partial charge in [0.05, 0.1) is 39.0 Å². The first-order valence-corrected chi connectivity index (χ1v) is 14.7. The molecule has 0 radical (unpaired) electrons. The fourth-order valence-corrected chi connectivity index (χ4v) is 3.63. The number of carbonyl (C=O) groups excluding carboxylic acids is 8. The lowest BCUT2D eigenvalue weighted by molar-refractivity contribution is -0.143. The first kappa shape index (κ1) is 42.6. The quantitative estimate of drug-likeness (QED) is 0.0397. The molecule has 48 heavy (non-hydrogen) atoms. The topological polar surface area (TPSA) is 373 Å². The average molecular weight is 689 g/mol. The van der Waals surface area contributed by atoms with Crippen LogP contribution in [0.15, 0.2) is 0 Å². The fraction of sp³-hybridized carbons (Fsp3) is 0.615. The normalized spacial score (nSPS) is 12.2. The maximum absolute atomic E-state index is 12.9. The van der Waals surface area contributed by atoms with Gasteiger partial charge in [-0.2, -0.15) is 0 Å². The molecule has 0 bridgehead atoms. The molecule has 3 unspecified atom stereocenters. The summed E-state index contributed by atoms with van der Waals surface area (Å²) in [6.07, 6.45) is -0.519. The molecule has 270 valence electrons. The molecule has 0 saturated carbocycles. The Morgan fingerprint density at radius 2 is 1.02 bits per heavy atom. The Labute approximate surface area is 274 Å². The van der Waals surface area contributed by atoms with Crippen molar-refractivity contribution < 1.29 is 58.2 Å². The van der Waals surface area contributed by atoms with E-state index in [0.717, 1.165) is 0 Å². The summed E-state index contributed by atoms with van der Waals surface area (Å²) in [5.74, 6) is -9.97. The lowest BCUT2D eigenvalue weighted by Crippen LogP contribution is -2.57. The van der Waals surface area contributed by atoms with Crippen molar-refractivity contribution in [1.82, 2.24) is 37.2 Å². The van der Waals surface area contributed by atoms with E-state index < -0.39 is 104 Å². The van der Waals surface area contributed by atoms with Crippen LogP contribution in [-0.4, -0.2) is 127 Å². The third-order valence-electron chi connectivity index (χ3n) is 6.08. The molecule has 0 fully saturated rings. The van der Waals surface area contributed by atoms with Crippen molar-refractivity contribution in [3.05, 3.63) is 0 Å². The van der Waals surface area contributed by atoms with Crippen molar-refractivity contribution in [3.8, 4) is 0 Å². The van der Waals surface area contributed by atoms with E-state index in [1.54, 1.807) is 0 Å². The van der Waals surface area contributed by atoms with Gasteiger partial charge in [-0.15, -0.1) is 0 Å². The monoisotopic (exact) mass is 688 g/mol. The lowest BCUT2D eigenvalue weighted by atomic mass is 10.1. The summed E-state index contributed by atoms with van der Waals surface area (Å²) in [5, 5.41) is 33.9. The van der Waals surface area contributed by atoms with Crippen LogP contribution in [0.3, 0.4) is 0 Å². The standard InChI is InChI=1S/C26H44N10O12/c27-6-3-5-17(37)30-7-2-1-4-14(24(29)46)35-26(48)16(9-23(44)45)36-25(47)15(8-22(42)43)34-21(41)13-33-20(40)12-32-19(39)11-31-18(38)10-28/h14-16H,1-13,27-28H2,(H2,29,46)(H,30,37)(H,31,38)(H,32,39)(H,33,40)(H,34,41)(H,35,48)(H,36,47)(H,42,43)(H,44,45). The number of amides is 8. The molecule has 0 aromatic rings. The van der Waals surface area contributed by atoms with E-state index in [-0.39, 0.29) is 31.8 Å². The summed E-state index contributed by atoms with van der Waals surface area (Å²) < 4.78 is 0. The molecule has 0 saturated heterocycles. The van der Waals surface area contributed by atoms with Crippen molar-refractivity contribution in [3.63, 3.8) is 0 Å². The number of hydrogen-bond donors (Lipinski definition) is 12. The highest BCUT2D eigenvalue weighted by molar-refractivity contribution is 5.97. The van der Waals surface area contributed by atoms with E-state index in [1.807, 2.05) is 10.6 Å². The molecular weight excluding hydrogens is 644 g/mol. The van der Waals surface area contributed by atoms with Crippen LogP contribution in [0.25, 0.3) is 0 Å².